The van der Waals surface area contributed by atoms with E-state index < -0.39 is 0 Å². The molecule has 4 rings (SSSR count). The van der Waals surface area contributed by atoms with Crippen molar-refractivity contribution in [3.8, 4) is 5.75 Å². The summed E-state index contributed by atoms with van der Waals surface area (Å²) in [7, 11) is 0. The Morgan fingerprint density at radius 1 is 1.00 bits per heavy atom. The van der Waals surface area contributed by atoms with Gasteiger partial charge in [0, 0.05) is 12.1 Å². The van der Waals surface area contributed by atoms with Gasteiger partial charge in [-0.2, -0.15) is 0 Å². The monoisotopic (exact) mass is 448 g/mol. The summed E-state index contributed by atoms with van der Waals surface area (Å²) in [6.07, 6.45) is 0.579. The van der Waals surface area contributed by atoms with Crippen LogP contribution in [0.2, 0.25) is 5.02 Å². The van der Waals surface area contributed by atoms with Crippen molar-refractivity contribution >= 4 is 34.3 Å². The maximum absolute atomic E-state index is 12.3. The van der Waals surface area contributed by atoms with Crippen molar-refractivity contribution in [2.75, 3.05) is 11.9 Å². The minimum absolute atomic E-state index is 0.118. The molecule has 5 nitrogen and oxygen atoms in total. The first kappa shape index (κ1) is 21.9. The summed E-state index contributed by atoms with van der Waals surface area (Å²) in [5.41, 5.74) is 7.65. The van der Waals surface area contributed by atoms with Crippen molar-refractivity contribution in [3.05, 3.63) is 87.3 Å². The van der Waals surface area contributed by atoms with Gasteiger partial charge in [0.2, 0.25) is 0 Å². The van der Waals surface area contributed by atoms with Gasteiger partial charge >= 0.3 is 0 Å². The number of nitrogens with one attached hydrogen (secondary N) is 1. The number of hydrogen-bond donors (Lipinski definition) is 1. The quantitative estimate of drug-likeness (QED) is 0.374. The second-order valence-electron chi connectivity index (χ2n) is 8.14. The van der Waals surface area contributed by atoms with E-state index in [4.69, 9.17) is 20.8 Å². The third-order valence-electron chi connectivity index (χ3n) is 5.18. The van der Waals surface area contributed by atoms with E-state index in [1.54, 1.807) is 0 Å². The van der Waals surface area contributed by atoms with Crippen LogP contribution in [0, 0.1) is 27.7 Å². The number of carbonyl (C=O) groups is 1. The average molecular weight is 449 g/mol. The van der Waals surface area contributed by atoms with Gasteiger partial charge in [-0.15, -0.1) is 0 Å². The molecule has 0 saturated heterocycles. The van der Waals surface area contributed by atoms with Gasteiger partial charge in [0.05, 0.1) is 5.02 Å². The van der Waals surface area contributed by atoms with Crippen molar-refractivity contribution in [2.45, 2.75) is 34.1 Å². The Morgan fingerprint density at radius 2 is 1.69 bits per heavy atom. The molecule has 1 amide bonds. The maximum Gasteiger partial charge on any atom is 0.262 e. The maximum atomic E-state index is 12.3. The third kappa shape index (κ3) is 4.94. The highest BCUT2D eigenvalue weighted by atomic mass is 35.5. The zero-order valence-electron chi connectivity index (χ0n) is 18.6. The number of anilines is 1. The van der Waals surface area contributed by atoms with Crippen LogP contribution in [-0.2, 0) is 11.2 Å². The van der Waals surface area contributed by atoms with E-state index in [1.807, 2.05) is 63.2 Å². The van der Waals surface area contributed by atoms with Crippen LogP contribution in [0.3, 0.4) is 0 Å². The molecule has 0 aliphatic carbocycles. The molecule has 164 valence electrons. The third-order valence-corrected chi connectivity index (χ3v) is 5.46. The van der Waals surface area contributed by atoms with E-state index in [-0.39, 0.29) is 12.5 Å². The van der Waals surface area contributed by atoms with E-state index in [0.29, 0.717) is 28.8 Å². The highest BCUT2D eigenvalue weighted by molar-refractivity contribution is 6.32. The number of fused-ring (bicyclic) bond motifs is 1. The smallest absolute Gasteiger partial charge is 0.262 e. The summed E-state index contributed by atoms with van der Waals surface area (Å²) in [4.78, 5) is 16.9. The SMILES string of the molecule is Cc1cc(C)c(OCC(=O)Nc2ccc(Cc3nc4cc(C)cc(C)c4o3)cc2)c(Cl)c1. The lowest BCUT2D eigenvalue weighted by atomic mass is 10.1. The first-order chi connectivity index (χ1) is 15.3. The van der Waals surface area contributed by atoms with Gasteiger partial charge in [-0.3, -0.25) is 4.79 Å². The minimum atomic E-state index is -0.251. The molecule has 0 aliphatic heterocycles. The highest BCUT2D eigenvalue weighted by Crippen LogP contribution is 2.29. The van der Waals surface area contributed by atoms with Gasteiger partial charge in [-0.1, -0.05) is 35.9 Å². The van der Waals surface area contributed by atoms with E-state index in [0.717, 1.165) is 33.4 Å². The molecule has 1 heterocycles. The molecule has 0 saturated carbocycles. The summed E-state index contributed by atoms with van der Waals surface area (Å²) in [5, 5.41) is 3.35. The normalized spacial score (nSPS) is 11.0. The number of hydrogen-bond acceptors (Lipinski definition) is 4. The van der Waals surface area contributed by atoms with Gasteiger partial charge in [-0.05, 0) is 79.8 Å². The average Bonchev–Trinajstić information content (AvgIpc) is 3.11. The summed E-state index contributed by atoms with van der Waals surface area (Å²) >= 11 is 6.23. The highest BCUT2D eigenvalue weighted by Gasteiger charge is 2.12. The fraction of sp³-hybridized carbons (Fsp3) is 0.231. The van der Waals surface area contributed by atoms with Gasteiger partial charge in [0.15, 0.2) is 18.1 Å². The number of rotatable bonds is 6. The van der Waals surface area contributed by atoms with Gasteiger partial charge < -0.3 is 14.5 Å². The number of ether oxygens (including phenoxy) is 1. The Hall–Kier alpha value is -3.31. The van der Waals surface area contributed by atoms with Crippen molar-refractivity contribution in [1.82, 2.24) is 4.98 Å². The Balaban J connectivity index is 1.37. The van der Waals surface area contributed by atoms with Crippen LogP contribution >= 0.6 is 11.6 Å². The zero-order chi connectivity index (χ0) is 22.8. The topological polar surface area (TPSA) is 64.4 Å². The molecule has 0 spiro atoms. The number of amides is 1. The van der Waals surface area contributed by atoms with Crippen LogP contribution < -0.4 is 10.1 Å². The molecule has 0 bridgehead atoms. The summed E-state index contributed by atoms with van der Waals surface area (Å²) in [5.74, 6) is 0.953. The van der Waals surface area contributed by atoms with E-state index in [2.05, 4.69) is 23.3 Å². The van der Waals surface area contributed by atoms with Gasteiger partial charge in [0.1, 0.15) is 11.3 Å². The Labute approximate surface area is 192 Å². The van der Waals surface area contributed by atoms with E-state index in [9.17, 15) is 4.79 Å². The van der Waals surface area contributed by atoms with Crippen molar-refractivity contribution in [1.29, 1.82) is 0 Å². The molecule has 1 aromatic heterocycles. The standard InChI is InChI=1S/C26H25ClN2O3/c1-15-9-17(3)25(21(27)11-15)31-14-23(30)28-20-7-5-19(6-8-20)13-24-29-22-12-16(2)10-18(4)26(22)32-24/h5-12H,13-14H2,1-4H3,(H,28,30). The van der Waals surface area contributed by atoms with Gasteiger partial charge in [0.25, 0.3) is 5.91 Å². The lowest BCUT2D eigenvalue weighted by molar-refractivity contribution is -0.118. The number of carbonyl (C=O) groups excluding carboxylic acids is 1. The van der Waals surface area contributed by atoms with Crippen LogP contribution in [0.25, 0.3) is 11.1 Å². The molecule has 0 atom stereocenters. The largest absolute Gasteiger partial charge is 0.482 e. The second-order valence-corrected chi connectivity index (χ2v) is 8.55. The van der Waals surface area contributed by atoms with E-state index in [1.165, 1.54) is 5.56 Å². The summed E-state index contributed by atoms with van der Waals surface area (Å²) < 4.78 is 11.6. The van der Waals surface area contributed by atoms with Gasteiger partial charge in [-0.25, -0.2) is 4.98 Å². The number of benzene rings is 3. The number of aromatic nitrogens is 1. The molecule has 3 aromatic carbocycles. The number of halogens is 1. The minimum Gasteiger partial charge on any atom is -0.482 e. The molecule has 0 aliphatic rings. The lowest BCUT2D eigenvalue weighted by Crippen LogP contribution is -2.20. The predicted molar refractivity (Wildman–Crippen MR) is 128 cm³/mol. The lowest BCUT2D eigenvalue weighted by Gasteiger charge is -2.12. The summed E-state index contributed by atoms with van der Waals surface area (Å²) in [6.45, 7) is 7.83. The van der Waals surface area contributed by atoms with Crippen molar-refractivity contribution < 1.29 is 13.9 Å². The Morgan fingerprint density at radius 3 is 2.41 bits per heavy atom. The summed E-state index contributed by atoms with van der Waals surface area (Å²) in [6, 6.07) is 15.5. The first-order valence-corrected chi connectivity index (χ1v) is 10.8. The zero-order valence-corrected chi connectivity index (χ0v) is 19.3. The molecular weight excluding hydrogens is 424 g/mol. The van der Waals surface area contributed by atoms with Crippen LogP contribution in [0.1, 0.15) is 33.7 Å². The van der Waals surface area contributed by atoms with Crippen LogP contribution in [0.4, 0.5) is 5.69 Å². The number of aryl methyl sites for hydroxylation is 4. The molecule has 0 fully saturated rings. The fourth-order valence-electron chi connectivity index (χ4n) is 3.80. The molecule has 32 heavy (non-hydrogen) atoms. The molecule has 1 N–H and O–H groups in total. The molecule has 0 radical (unpaired) electrons. The van der Waals surface area contributed by atoms with Crippen molar-refractivity contribution in [2.24, 2.45) is 0 Å². The van der Waals surface area contributed by atoms with Crippen molar-refractivity contribution in [3.63, 3.8) is 0 Å². The van der Waals surface area contributed by atoms with Crippen LogP contribution in [0.15, 0.2) is 52.9 Å². The molecule has 0 unspecified atom stereocenters. The van der Waals surface area contributed by atoms with Crippen LogP contribution in [-0.4, -0.2) is 17.5 Å². The van der Waals surface area contributed by atoms with Crippen LogP contribution in [0.5, 0.6) is 5.75 Å². The van der Waals surface area contributed by atoms with E-state index >= 15 is 0 Å². The molecule has 6 heteroatoms. The number of nitrogens with zero attached hydrogens (tertiary/aromatic N) is 1. The second kappa shape index (κ2) is 9.05. The fourth-order valence-corrected chi connectivity index (χ4v) is 4.17. The Bertz CT molecular complexity index is 1270. The number of oxazole rings is 1. The molecule has 4 aromatic rings. The predicted octanol–water partition coefficient (Wildman–Crippen LogP) is 6.32. The first-order valence-electron chi connectivity index (χ1n) is 10.4. The Kier molecular flexibility index (Phi) is 6.19. The molecular formula is C26H25ClN2O3.